The lowest BCUT2D eigenvalue weighted by molar-refractivity contribution is -0.118. The van der Waals surface area contributed by atoms with E-state index < -0.39 is 0 Å². The molecule has 2 aromatic rings. The van der Waals surface area contributed by atoms with Crippen LogP contribution in [0.3, 0.4) is 0 Å². The largest absolute Gasteiger partial charge is 0.486 e. The molecule has 148 valence electrons. The number of fused-ring (bicyclic) bond motifs is 1. The molecule has 0 spiro atoms. The maximum absolute atomic E-state index is 14.6. The zero-order chi connectivity index (χ0) is 19.7. The second kappa shape index (κ2) is 8.10. The summed E-state index contributed by atoms with van der Waals surface area (Å²) >= 11 is 6.14. The highest BCUT2D eigenvalue weighted by Crippen LogP contribution is 2.41. The van der Waals surface area contributed by atoms with Gasteiger partial charge in [0.05, 0.1) is 6.04 Å². The molecule has 0 N–H and O–H groups in total. The van der Waals surface area contributed by atoms with Gasteiger partial charge >= 0.3 is 0 Å². The van der Waals surface area contributed by atoms with Gasteiger partial charge in [-0.3, -0.25) is 9.69 Å². The number of ether oxygens (including phenoxy) is 2. The van der Waals surface area contributed by atoms with Gasteiger partial charge in [0.1, 0.15) is 30.0 Å². The second-order valence-electron chi connectivity index (χ2n) is 7.47. The first-order chi connectivity index (χ1) is 13.5. The van der Waals surface area contributed by atoms with Gasteiger partial charge < -0.3 is 9.47 Å². The van der Waals surface area contributed by atoms with E-state index in [-0.39, 0.29) is 30.4 Å². The molecule has 2 aliphatic rings. The van der Waals surface area contributed by atoms with E-state index in [1.54, 1.807) is 12.1 Å². The van der Waals surface area contributed by atoms with Gasteiger partial charge in [-0.25, -0.2) is 4.39 Å². The maximum Gasteiger partial charge on any atom is 0.167 e. The Hall–Kier alpha value is -2.11. The fraction of sp³-hybridized carbons (Fsp3) is 0.409. The molecule has 0 saturated carbocycles. The van der Waals surface area contributed by atoms with Gasteiger partial charge in [-0.1, -0.05) is 17.7 Å². The van der Waals surface area contributed by atoms with Crippen LogP contribution in [0.5, 0.6) is 11.5 Å². The molecule has 1 aliphatic heterocycles. The minimum atomic E-state index is -0.302. The first kappa shape index (κ1) is 19.2. The molecule has 6 heteroatoms. The van der Waals surface area contributed by atoms with Gasteiger partial charge in [-0.15, -0.1) is 0 Å². The summed E-state index contributed by atoms with van der Waals surface area (Å²) in [6.07, 6.45) is 2.61. The normalized spacial score (nSPS) is 21.5. The fourth-order valence-electron chi connectivity index (χ4n) is 4.12. The van der Waals surface area contributed by atoms with Gasteiger partial charge in [-0.2, -0.15) is 0 Å². The minimum Gasteiger partial charge on any atom is -0.486 e. The third-order valence-electron chi connectivity index (χ3n) is 5.38. The molecule has 4 rings (SSSR count). The molecule has 0 bridgehead atoms. The number of halogens is 2. The smallest absolute Gasteiger partial charge is 0.167 e. The SMILES string of the molecule is CC(=O)COc1cccc(OC2c3cc(Cl)cc(F)c3CC2N2CCCC2)c1. The van der Waals surface area contributed by atoms with E-state index in [1.165, 1.54) is 13.0 Å². The topological polar surface area (TPSA) is 38.8 Å². The summed E-state index contributed by atoms with van der Waals surface area (Å²) in [6.45, 7) is 3.49. The molecule has 2 aromatic carbocycles. The number of hydrogen-bond donors (Lipinski definition) is 0. The van der Waals surface area contributed by atoms with E-state index in [0.29, 0.717) is 28.5 Å². The minimum absolute atomic E-state index is 0.0208. The number of hydrogen-bond acceptors (Lipinski definition) is 4. The zero-order valence-corrected chi connectivity index (χ0v) is 16.5. The molecule has 1 aliphatic carbocycles. The summed E-state index contributed by atoms with van der Waals surface area (Å²) in [7, 11) is 0. The van der Waals surface area contributed by atoms with Crippen LogP contribution in [-0.2, 0) is 11.2 Å². The molecular weight excluding hydrogens is 381 g/mol. The summed E-state index contributed by atoms with van der Waals surface area (Å²) < 4.78 is 26.4. The number of benzene rings is 2. The monoisotopic (exact) mass is 403 g/mol. The third-order valence-corrected chi connectivity index (χ3v) is 5.60. The Labute approximate surface area is 169 Å². The van der Waals surface area contributed by atoms with Crippen molar-refractivity contribution in [3.63, 3.8) is 0 Å². The number of carbonyl (C=O) groups is 1. The Morgan fingerprint density at radius 1 is 1.21 bits per heavy atom. The molecule has 1 heterocycles. The van der Waals surface area contributed by atoms with Crippen LogP contribution in [0, 0.1) is 5.82 Å². The van der Waals surface area contributed by atoms with Gasteiger partial charge in [0.15, 0.2) is 5.78 Å². The van der Waals surface area contributed by atoms with Crippen molar-refractivity contribution >= 4 is 17.4 Å². The van der Waals surface area contributed by atoms with Gasteiger partial charge in [0.25, 0.3) is 0 Å². The second-order valence-corrected chi connectivity index (χ2v) is 7.91. The van der Waals surface area contributed by atoms with Gasteiger partial charge in [-0.05, 0) is 69.1 Å². The molecule has 1 saturated heterocycles. The lowest BCUT2D eigenvalue weighted by Crippen LogP contribution is -2.38. The Morgan fingerprint density at radius 3 is 2.71 bits per heavy atom. The van der Waals surface area contributed by atoms with Crippen molar-refractivity contribution in [1.82, 2.24) is 4.90 Å². The highest BCUT2D eigenvalue weighted by Gasteiger charge is 2.40. The number of carbonyl (C=O) groups excluding carboxylic acids is 1. The van der Waals surface area contributed by atoms with Crippen molar-refractivity contribution in [2.75, 3.05) is 19.7 Å². The van der Waals surface area contributed by atoms with Crippen molar-refractivity contribution in [2.24, 2.45) is 0 Å². The van der Waals surface area contributed by atoms with Gasteiger partial charge in [0, 0.05) is 16.7 Å². The van der Waals surface area contributed by atoms with Crippen LogP contribution >= 0.6 is 11.6 Å². The molecule has 0 radical (unpaired) electrons. The maximum atomic E-state index is 14.6. The molecule has 28 heavy (non-hydrogen) atoms. The fourth-order valence-corrected chi connectivity index (χ4v) is 4.33. The van der Waals surface area contributed by atoms with Crippen LogP contribution in [0.15, 0.2) is 36.4 Å². The van der Waals surface area contributed by atoms with Crippen LogP contribution in [-0.4, -0.2) is 36.4 Å². The molecule has 4 nitrogen and oxygen atoms in total. The average Bonchev–Trinajstić information content (AvgIpc) is 3.29. The first-order valence-electron chi connectivity index (χ1n) is 9.62. The predicted molar refractivity (Wildman–Crippen MR) is 106 cm³/mol. The Kier molecular flexibility index (Phi) is 5.56. The van der Waals surface area contributed by atoms with E-state index in [0.717, 1.165) is 31.5 Å². The molecular formula is C22H23ClFNO3. The number of rotatable bonds is 6. The van der Waals surface area contributed by atoms with Crippen molar-refractivity contribution in [3.8, 4) is 11.5 Å². The molecule has 2 atom stereocenters. The summed E-state index contributed by atoms with van der Waals surface area (Å²) in [6, 6.07) is 10.5. The molecule has 2 unspecified atom stereocenters. The van der Waals surface area contributed by atoms with E-state index in [1.807, 2.05) is 18.2 Å². The van der Waals surface area contributed by atoms with E-state index in [9.17, 15) is 9.18 Å². The van der Waals surface area contributed by atoms with Crippen molar-refractivity contribution in [2.45, 2.75) is 38.3 Å². The van der Waals surface area contributed by atoms with Crippen molar-refractivity contribution < 1.29 is 18.7 Å². The molecule has 0 aromatic heterocycles. The van der Waals surface area contributed by atoms with Crippen molar-refractivity contribution in [1.29, 1.82) is 0 Å². The lowest BCUT2D eigenvalue weighted by Gasteiger charge is -2.30. The number of nitrogens with zero attached hydrogens (tertiary/aromatic N) is 1. The zero-order valence-electron chi connectivity index (χ0n) is 15.8. The lowest BCUT2D eigenvalue weighted by atomic mass is 10.1. The summed E-state index contributed by atoms with van der Waals surface area (Å²) in [5, 5.41) is 0.380. The van der Waals surface area contributed by atoms with Crippen LogP contribution in [0.4, 0.5) is 4.39 Å². The van der Waals surface area contributed by atoms with Crippen LogP contribution in [0.25, 0.3) is 0 Å². The summed E-state index contributed by atoms with van der Waals surface area (Å²) in [4.78, 5) is 13.5. The summed E-state index contributed by atoms with van der Waals surface area (Å²) in [5.74, 6) is 0.885. The Bertz CT molecular complexity index is 882. The number of Topliss-reactive ketones (excluding diaryl/α,β-unsaturated/α-hetero) is 1. The molecule has 1 fully saturated rings. The molecule has 0 amide bonds. The highest BCUT2D eigenvalue weighted by atomic mass is 35.5. The van der Waals surface area contributed by atoms with Gasteiger partial charge in [0.2, 0.25) is 0 Å². The third kappa shape index (κ3) is 4.01. The highest BCUT2D eigenvalue weighted by molar-refractivity contribution is 6.30. The number of ketones is 1. The Morgan fingerprint density at radius 2 is 1.96 bits per heavy atom. The quantitative estimate of drug-likeness (QED) is 0.707. The van der Waals surface area contributed by atoms with Crippen LogP contribution in [0.2, 0.25) is 5.02 Å². The predicted octanol–water partition coefficient (Wildman–Crippen LogP) is 4.59. The van der Waals surface area contributed by atoms with E-state index in [4.69, 9.17) is 21.1 Å². The Balaban J connectivity index is 1.62. The van der Waals surface area contributed by atoms with E-state index in [2.05, 4.69) is 4.90 Å². The standard InChI is InChI=1S/C22H23ClFNO3/c1-14(26)13-27-16-5-4-6-17(11-16)28-22-19-9-15(23)10-20(24)18(19)12-21(22)25-7-2-3-8-25/h4-6,9-11,21-22H,2-3,7-8,12-13H2,1H3. The van der Waals surface area contributed by atoms with Crippen molar-refractivity contribution in [3.05, 3.63) is 58.4 Å². The van der Waals surface area contributed by atoms with Crippen LogP contribution < -0.4 is 9.47 Å². The summed E-state index contributed by atoms with van der Waals surface area (Å²) in [5.41, 5.74) is 1.51. The average molecular weight is 404 g/mol. The first-order valence-corrected chi connectivity index (χ1v) is 10.00. The number of likely N-dealkylation sites (tertiary alicyclic amines) is 1. The van der Waals surface area contributed by atoms with Crippen LogP contribution in [0.1, 0.15) is 37.0 Å². The van der Waals surface area contributed by atoms with E-state index >= 15 is 0 Å².